The summed E-state index contributed by atoms with van der Waals surface area (Å²) in [6, 6.07) is 4.34. The lowest BCUT2D eigenvalue weighted by Gasteiger charge is -2.28. The van der Waals surface area contributed by atoms with Gasteiger partial charge >= 0.3 is 0 Å². The number of rotatable bonds is 4. The highest BCUT2D eigenvalue weighted by atomic mass is 19.1. The number of nitrogens with two attached hydrogens (primary N) is 1. The number of primary amides is 1. The van der Waals surface area contributed by atoms with Crippen molar-refractivity contribution < 1.29 is 13.9 Å². The molecule has 1 heterocycles. The molecule has 1 aromatic rings. The molecule has 1 aliphatic rings. The van der Waals surface area contributed by atoms with Crippen LogP contribution in [0.4, 0.5) is 4.39 Å². The average molecular weight is 308 g/mol. The molecule has 0 radical (unpaired) electrons. The van der Waals surface area contributed by atoms with Gasteiger partial charge in [0.2, 0.25) is 5.91 Å². The molecule has 0 aromatic heterocycles. The monoisotopic (exact) mass is 308 g/mol. The molecule has 4 nitrogen and oxygen atoms in total. The molecule has 5 heteroatoms. The Labute approximate surface area is 131 Å². The highest BCUT2D eigenvalue weighted by Gasteiger charge is 2.40. The van der Waals surface area contributed by atoms with E-state index in [1.807, 2.05) is 0 Å². The van der Waals surface area contributed by atoms with Gasteiger partial charge in [-0.25, -0.2) is 4.39 Å². The van der Waals surface area contributed by atoms with Crippen molar-refractivity contribution in [3.63, 3.8) is 0 Å². The third kappa shape index (κ3) is 3.77. The fraction of sp³-hybridized carbons (Fsp3) is 0.588. The summed E-state index contributed by atoms with van der Waals surface area (Å²) in [5.41, 5.74) is 6.09. The normalized spacial score (nSPS) is 25.2. The first-order chi connectivity index (χ1) is 10.2. The maximum absolute atomic E-state index is 14.3. The zero-order chi connectivity index (χ0) is 16.5. The van der Waals surface area contributed by atoms with Crippen LogP contribution in [0.1, 0.15) is 45.1 Å². The highest BCUT2D eigenvalue weighted by Crippen LogP contribution is 2.39. The zero-order valence-electron chi connectivity index (χ0n) is 13.7. The van der Waals surface area contributed by atoms with Gasteiger partial charge < -0.3 is 15.8 Å². The van der Waals surface area contributed by atoms with Crippen LogP contribution in [0, 0.1) is 11.2 Å². The molecule has 0 bridgehead atoms. The molecule has 3 N–H and O–H groups in total. The van der Waals surface area contributed by atoms with Gasteiger partial charge in [-0.3, -0.25) is 4.79 Å². The van der Waals surface area contributed by atoms with Crippen molar-refractivity contribution in [1.82, 2.24) is 5.32 Å². The van der Waals surface area contributed by atoms with Crippen molar-refractivity contribution in [2.45, 2.75) is 51.6 Å². The molecule has 3 atom stereocenters. The number of carbonyl (C=O) groups is 1. The Hall–Kier alpha value is -1.62. The van der Waals surface area contributed by atoms with Crippen molar-refractivity contribution in [2.24, 2.45) is 11.1 Å². The van der Waals surface area contributed by atoms with Gasteiger partial charge in [0.25, 0.3) is 0 Å². The van der Waals surface area contributed by atoms with E-state index in [4.69, 9.17) is 10.5 Å². The van der Waals surface area contributed by atoms with Crippen LogP contribution in [0.3, 0.4) is 0 Å². The number of hydrogen-bond acceptors (Lipinski definition) is 3. The minimum absolute atomic E-state index is 0.0131. The SMILES string of the molecule is COc1ccc(F)c(C2CC(C(N)=O)NC2CC(C)(C)C)c1. The van der Waals surface area contributed by atoms with Gasteiger partial charge in [-0.05, 0) is 42.0 Å². The van der Waals surface area contributed by atoms with E-state index in [0.717, 1.165) is 6.42 Å². The predicted octanol–water partition coefficient (Wildman–Crippen LogP) is 2.57. The Morgan fingerprint density at radius 2 is 2.14 bits per heavy atom. The summed E-state index contributed by atoms with van der Waals surface area (Å²) in [5, 5.41) is 3.28. The lowest BCUT2D eigenvalue weighted by atomic mass is 9.81. The predicted molar refractivity (Wildman–Crippen MR) is 84.3 cm³/mol. The molecule has 3 unspecified atom stereocenters. The van der Waals surface area contributed by atoms with Crippen molar-refractivity contribution in [3.05, 3.63) is 29.6 Å². The van der Waals surface area contributed by atoms with Crippen molar-refractivity contribution in [2.75, 3.05) is 7.11 Å². The molecule has 0 saturated carbocycles. The van der Waals surface area contributed by atoms with E-state index in [0.29, 0.717) is 17.7 Å². The lowest BCUT2D eigenvalue weighted by Crippen LogP contribution is -2.41. The van der Waals surface area contributed by atoms with Gasteiger partial charge in [0, 0.05) is 12.0 Å². The second-order valence-corrected chi connectivity index (χ2v) is 7.22. The van der Waals surface area contributed by atoms with Gasteiger partial charge in [0.15, 0.2) is 0 Å². The first-order valence-electron chi connectivity index (χ1n) is 7.60. The third-order valence-electron chi connectivity index (χ3n) is 4.17. The minimum atomic E-state index is -0.414. The summed E-state index contributed by atoms with van der Waals surface area (Å²) < 4.78 is 19.5. The molecule has 1 aliphatic heterocycles. The molecular weight excluding hydrogens is 283 g/mol. The smallest absolute Gasteiger partial charge is 0.234 e. The van der Waals surface area contributed by atoms with Gasteiger partial charge in [0.05, 0.1) is 13.2 Å². The van der Waals surface area contributed by atoms with Crippen molar-refractivity contribution >= 4 is 5.91 Å². The van der Waals surface area contributed by atoms with E-state index < -0.39 is 6.04 Å². The lowest BCUT2D eigenvalue weighted by molar-refractivity contribution is -0.119. The maximum Gasteiger partial charge on any atom is 0.234 e. The first kappa shape index (κ1) is 16.7. The van der Waals surface area contributed by atoms with E-state index >= 15 is 0 Å². The molecule has 1 amide bonds. The van der Waals surface area contributed by atoms with Gasteiger partial charge in [-0.1, -0.05) is 20.8 Å². The van der Waals surface area contributed by atoms with Crippen LogP contribution in [0.15, 0.2) is 18.2 Å². The number of ether oxygens (including phenoxy) is 1. The Kier molecular flexibility index (Phi) is 4.75. The first-order valence-corrected chi connectivity index (χ1v) is 7.60. The molecule has 0 spiro atoms. The van der Waals surface area contributed by atoms with Crippen LogP contribution in [-0.2, 0) is 4.79 Å². The molecule has 0 aliphatic carbocycles. The molecular formula is C17H25FN2O2. The number of halogens is 1. The van der Waals surface area contributed by atoms with Gasteiger partial charge in [0.1, 0.15) is 11.6 Å². The molecule has 1 saturated heterocycles. The molecule has 22 heavy (non-hydrogen) atoms. The minimum Gasteiger partial charge on any atom is -0.497 e. The second-order valence-electron chi connectivity index (χ2n) is 7.22. The van der Waals surface area contributed by atoms with Crippen LogP contribution in [0.2, 0.25) is 0 Å². The Bertz CT molecular complexity index is 554. The third-order valence-corrected chi connectivity index (χ3v) is 4.17. The van der Waals surface area contributed by atoms with Crippen LogP contribution in [0.5, 0.6) is 5.75 Å². The summed E-state index contributed by atoms with van der Waals surface area (Å²) >= 11 is 0. The van der Waals surface area contributed by atoms with Crippen LogP contribution in [-0.4, -0.2) is 25.1 Å². The van der Waals surface area contributed by atoms with Gasteiger partial charge in [-0.2, -0.15) is 0 Å². The van der Waals surface area contributed by atoms with E-state index in [1.54, 1.807) is 19.2 Å². The number of amides is 1. The van der Waals surface area contributed by atoms with E-state index in [9.17, 15) is 9.18 Å². The Balaban J connectivity index is 2.34. The number of benzene rings is 1. The average Bonchev–Trinajstić information content (AvgIpc) is 2.81. The van der Waals surface area contributed by atoms with Crippen LogP contribution in [0.25, 0.3) is 0 Å². The van der Waals surface area contributed by atoms with Gasteiger partial charge in [-0.15, -0.1) is 0 Å². The zero-order valence-corrected chi connectivity index (χ0v) is 13.7. The summed E-state index contributed by atoms with van der Waals surface area (Å²) in [6.45, 7) is 6.39. The fourth-order valence-electron chi connectivity index (χ4n) is 3.20. The quantitative estimate of drug-likeness (QED) is 0.898. The Morgan fingerprint density at radius 3 is 2.68 bits per heavy atom. The second kappa shape index (κ2) is 6.24. The topological polar surface area (TPSA) is 64.3 Å². The molecule has 1 aromatic carbocycles. The van der Waals surface area contributed by atoms with E-state index in [1.165, 1.54) is 6.07 Å². The number of methoxy groups -OCH3 is 1. The van der Waals surface area contributed by atoms with E-state index in [-0.39, 0.29) is 29.1 Å². The Morgan fingerprint density at radius 1 is 1.45 bits per heavy atom. The highest BCUT2D eigenvalue weighted by molar-refractivity contribution is 5.80. The maximum atomic E-state index is 14.3. The molecule has 122 valence electrons. The number of nitrogens with one attached hydrogen (secondary N) is 1. The number of hydrogen-bond donors (Lipinski definition) is 2. The van der Waals surface area contributed by atoms with Crippen molar-refractivity contribution in [1.29, 1.82) is 0 Å². The summed E-state index contributed by atoms with van der Waals surface area (Å²) in [4.78, 5) is 11.5. The molecule has 1 fully saturated rings. The number of carbonyl (C=O) groups excluding carboxylic acids is 1. The standard InChI is InChI=1S/C17H25FN2O2/c1-17(2,3)9-15-12(8-14(20-15)16(19)21)11-7-10(22-4)5-6-13(11)18/h5-7,12,14-15,20H,8-9H2,1-4H3,(H2,19,21). The summed E-state index contributed by atoms with van der Waals surface area (Å²) in [5.74, 6) is -0.124. The fourth-order valence-corrected chi connectivity index (χ4v) is 3.20. The summed E-state index contributed by atoms with van der Waals surface area (Å²) in [6.07, 6.45) is 1.35. The molecule has 2 rings (SSSR count). The summed E-state index contributed by atoms with van der Waals surface area (Å²) in [7, 11) is 1.56. The van der Waals surface area contributed by atoms with Crippen LogP contribution < -0.4 is 15.8 Å². The largest absolute Gasteiger partial charge is 0.497 e. The van der Waals surface area contributed by atoms with Crippen molar-refractivity contribution in [3.8, 4) is 5.75 Å². The van der Waals surface area contributed by atoms with E-state index in [2.05, 4.69) is 26.1 Å². The van der Waals surface area contributed by atoms with Crippen LogP contribution >= 0.6 is 0 Å².